The summed E-state index contributed by atoms with van der Waals surface area (Å²) in [6, 6.07) is 7.43. The number of nitro groups is 2. The number of nitrogens with zero attached hydrogens (tertiary/aromatic N) is 3. The molecule has 0 aromatic heterocycles. The molecule has 1 aliphatic carbocycles. The lowest BCUT2D eigenvalue weighted by Crippen LogP contribution is -2.29. The van der Waals surface area contributed by atoms with Gasteiger partial charge in [0.15, 0.2) is 11.5 Å². The summed E-state index contributed by atoms with van der Waals surface area (Å²) >= 11 is 0. The highest BCUT2D eigenvalue weighted by Crippen LogP contribution is 2.45. The quantitative estimate of drug-likeness (QED) is 0.532. The van der Waals surface area contributed by atoms with Crippen molar-refractivity contribution >= 4 is 17.1 Å². The Morgan fingerprint density at radius 2 is 1.50 bits per heavy atom. The molecule has 0 spiro atoms. The van der Waals surface area contributed by atoms with Crippen LogP contribution in [0.3, 0.4) is 0 Å². The second kappa shape index (κ2) is 7.74. The zero-order chi connectivity index (χ0) is 21.4. The van der Waals surface area contributed by atoms with Crippen LogP contribution in [0.2, 0.25) is 0 Å². The topological polar surface area (TPSA) is 117 Å². The first-order chi connectivity index (χ1) is 14.4. The Hall–Kier alpha value is -3.49. The zero-order valence-electron chi connectivity index (χ0n) is 16.7. The fourth-order valence-corrected chi connectivity index (χ4v) is 4.44. The Kier molecular flexibility index (Phi) is 5.11. The van der Waals surface area contributed by atoms with Gasteiger partial charge in [0.1, 0.15) is 0 Å². The highest BCUT2D eigenvalue weighted by atomic mass is 16.6. The Morgan fingerprint density at radius 1 is 0.900 bits per heavy atom. The number of non-ortho nitro benzene ring substituents is 2. The van der Waals surface area contributed by atoms with Gasteiger partial charge in [0, 0.05) is 29.2 Å². The van der Waals surface area contributed by atoms with Crippen molar-refractivity contribution in [2.75, 3.05) is 14.2 Å². The molecule has 9 nitrogen and oxygen atoms in total. The van der Waals surface area contributed by atoms with E-state index in [1.807, 2.05) is 12.1 Å². The van der Waals surface area contributed by atoms with Crippen LogP contribution in [0.4, 0.5) is 11.4 Å². The van der Waals surface area contributed by atoms with Crippen molar-refractivity contribution in [3.05, 3.63) is 67.3 Å². The number of ether oxygens (including phenoxy) is 2. The molecular formula is C21H21N3O6. The van der Waals surface area contributed by atoms with Crippen LogP contribution in [-0.4, -0.2) is 35.8 Å². The van der Waals surface area contributed by atoms with Gasteiger partial charge in [-0.3, -0.25) is 25.2 Å². The standard InChI is InChI=1S/C21H21N3O6/c1-29-19-10-16-15-5-3-4-6-18(15)22-21(17(16)11-20(19)30-2)12-7-13(23(25)26)9-14(8-12)24(27)28/h7-11,15,18H,3-6H2,1-2H3/t15-,18-/m1/s1. The molecule has 2 aromatic rings. The van der Waals surface area contributed by atoms with Crippen molar-refractivity contribution < 1.29 is 19.3 Å². The molecule has 0 radical (unpaired) electrons. The Morgan fingerprint density at radius 3 is 2.10 bits per heavy atom. The molecule has 9 heteroatoms. The molecular weight excluding hydrogens is 390 g/mol. The molecule has 1 fully saturated rings. The van der Waals surface area contributed by atoms with Gasteiger partial charge in [-0.1, -0.05) is 12.8 Å². The average Bonchev–Trinajstić information content (AvgIpc) is 2.77. The fourth-order valence-electron chi connectivity index (χ4n) is 4.44. The van der Waals surface area contributed by atoms with E-state index in [2.05, 4.69) is 0 Å². The summed E-state index contributed by atoms with van der Waals surface area (Å²) in [5.74, 6) is 1.33. The molecule has 0 N–H and O–H groups in total. The molecule has 0 bridgehead atoms. The minimum Gasteiger partial charge on any atom is -0.493 e. The van der Waals surface area contributed by atoms with Gasteiger partial charge in [-0.2, -0.15) is 0 Å². The first kappa shape index (κ1) is 19.8. The van der Waals surface area contributed by atoms with Gasteiger partial charge in [-0.25, -0.2) is 0 Å². The number of hydrogen-bond acceptors (Lipinski definition) is 7. The van der Waals surface area contributed by atoms with Gasteiger partial charge in [-0.15, -0.1) is 0 Å². The van der Waals surface area contributed by atoms with E-state index in [1.54, 1.807) is 7.11 Å². The van der Waals surface area contributed by atoms with Crippen molar-refractivity contribution in [1.29, 1.82) is 0 Å². The normalized spacial score (nSPS) is 19.9. The summed E-state index contributed by atoms with van der Waals surface area (Å²) in [6.45, 7) is 0. The highest BCUT2D eigenvalue weighted by molar-refractivity contribution is 6.15. The Bertz CT molecular complexity index is 1030. The summed E-state index contributed by atoms with van der Waals surface area (Å²) in [7, 11) is 3.11. The molecule has 1 heterocycles. The van der Waals surface area contributed by atoms with Crippen LogP contribution in [0.5, 0.6) is 11.5 Å². The second-order valence-corrected chi connectivity index (χ2v) is 7.48. The van der Waals surface area contributed by atoms with Gasteiger partial charge < -0.3 is 9.47 Å². The van der Waals surface area contributed by atoms with E-state index in [-0.39, 0.29) is 23.3 Å². The number of fused-ring (bicyclic) bond motifs is 3. The van der Waals surface area contributed by atoms with Crippen molar-refractivity contribution in [3.8, 4) is 11.5 Å². The fraction of sp³-hybridized carbons (Fsp3) is 0.381. The number of aliphatic imine (C=N–C) groups is 1. The van der Waals surface area contributed by atoms with E-state index in [0.717, 1.165) is 42.9 Å². The van der Waals surface area contributed by atoms with E-state index in [0.29, 0.717) is 22.8 Å². The van der Waals surface area contributed by atoms with Crippen LogP contribution in [-0.2, 0) is 0 Å². The minimum absolute atomic E-state index is 0.0256. The third kappa shape index (κ3) is 3.36. The molecule has 0 unspecified atom stereocenters. The number of rotatable bonds is 5. The van der Waals surface area contributed by atoms with Crippen LogP contribution in [0.1, 0.15) is 48.3 Å². The van der Waals surface area contributed by atoms with Gasteiger partial charge in [0.25, 0.3) is 11.4 Å². The van der Waals surface area contributed by atoms with Crippen LogP contribution in [0, 0.1) is 20.2 Å². The first-order valence-electron chi connectivity index (χ1n) is 9.71. The maximum Gasteiger partial charge on any atom is 0.276 e. The van der Waals surface area contributed by atoms with Crippen LogP contribution < -0.4 is 9.47 Å². The average molecular weight is 411 g/mol. The van der Waals surface area contributed by atoms with E-state index in [9.17, 15) is 20.2 Å². The Balaban J connectivity index is 1.95. The third-order valence-electron chi connectivity index (χ3n) is 5.83. The monoisotopic (exact) mass is 411 g/mol. The summed E-state index contributed by atoms with van der Waals surface area (Å²) in [5, 5.41) is 22.7. The number of methoxy groups -OCH3 is 2. The summed E-state index contributed by atoms with van der Waals surface area (Å²) < 4.78 is 10.9. The second-order valence-electron chi connectivity index (χ2n) is 7.48. The van der Waals surface area contributed by atoms with Gasteiger partial charge in [0.2, 0.25) is 0 Å². The third-order valence-corrected chi connectivity index (χ3v) is 5.83. The Labute approximate surface area is 172 Å². The van der Waals surface area contributed by atoms with E-state index < -0.39 is 9.85 Å². The van der Waals surface area contributed by atoms with E-state index >= 15 is 0 Å². The van der Waals surface area contributed by atoms with Crippen LogP contribution >= 0.6 is 0 Å². The molecule has 30 heavy (non-hydrogen) atoms. The van der Waals surface area contributed by atoms with Crippen molar-refractivity contribution in [2.45, 2.75) is 37.6 Å². The maximum atomic E-state index is 11.4. The zero-order valence-corrected chi connectivity index (χ0v) is 16.7. The van der Waals surface area contributed by atoms with Gasteiger partial charge in [0.05, 0.1) is 41.9 Å². The van der Waals surface area contributed by atoms with Crippen molar-refractivity contribution in [1.82, 2.24) is 0 Å². The molecule has 2 aliphatic rings. The van der Waals surface area contributed by atoms with Crippen LogP contribution in [0.25, 0.3) is 0 Å². The maximum absolute atomic E-state index is 11.4. The lowest BCUT2D eigenvalue weighted by molar-refractivity contribution is -0.394. The lowest BCUT2D eigenvalue weighted by atomic mass is 9.75. The molecule has 0 amide bonds. The molecule has 4 rings (SSSR count). The molecule has 2 aromatic carbocycles. The molecule has 1 aliphatic heterocycles. The molecule has 0 saturated heterocycles. The van der Waals surface area contributed by atoms with Gasteiger partial charge >= 0.3 is 0 Å². The van der Waals surface area contributed by atoms with Crippen molar-refractivity contribution in [2.24, 2.45) is 4.99 Å². The summed E-state index contributed by atoms with van der Waals surface area (Å²) in [4.78, 5) is 26.4. The minimum atomic E-state index is -0.626. The van der Waals surface area contributed by atoms with Crippen molar-refractivity contribution in [3.63, 3.8) is 0 Å². The molecule has 1 saturated carbocycles. The SMILES string of the molecule is COc1cc2c(cc1OC)[C@H]1CCCC[C@H]1N=C2c1cc([N+](=O)[O-])cc([N+](=O)[O-])c1. The largest absolute Gasteiger partial charge is 0.493 e. The molecule has 2 atom stereocenters. The first-order valence-corrected chi connectivity index (χ1v) is 9.71. The van der Waals surface area contributed by atoms with Crippen LogP contribution in [0.15, 0.2) is 35.3 Å². The van der Waals surface area contributed by atoms with Gasteiger partial charge in [-0.05, 0) is 30.5 Å². The summed E-state index contributed by atoms with van der Waals surface area (Å²) in [6.07, 6.45) is 4.04. The number of hydrogen-bond donors (Lipinski definition) is 0. The number of nitro benzene ring substituents is 2. The lowest BCUT2D eigenvalue weighted by Gasteiger charge is -2.35. The smallest absolute Gasteiger partial charge is 0.276 e. The number of benzene rings is 2. The molecule has 156 valence electrons. The predicted octanol–water partition coefficient (Wildman–Crippen LogP) is 4.40. The highest BCUT2D eigenvalue weighted by Gasteiger charge is 2.35. The summed E-state index contributed by atoms with van der Waals surface area (Å²) in [5.41, 5.74) is 2.00. The predicted molar refractivity (Wildman–Crippen MR) is 110 cm³/mol. The van der Waals surface area contributed by atoms with E-state index in [1.165, 1.54) is 19.2 Å². The van der Waals surface area contributed by atoms with E-state index in [4.69, 9.17) is 14.5 Å².